The van der Waals surface area contributed by atoms with Crippen LogP contribution < -0.4 is 5.32 Å². The first-order valence-electron chi connectivity index (χ1n) is 7.36. The normalized spacial score (nSPS) is 10.5. The summed E-state index contributed by atoms with van der Waals surface area (Å²) in [5.41, 5.74) is 0.719. The van der Waals surface area contributed by atoms with Crippen LogP contribution in [0.3, 0.4) is 0 Å². The predicted molar refractivity (Wildman–Crippen MR) is 87.4 cm³/mol. The number of para-hydroxylation sites is 1. The average Bonchev–Trinajstić information content (AvgIpc) is 3.00. The highest BCUT2D eigenvalue weighted by Crippen LogP contribution is 2.21. The van der Waals surface area contributed by atoms with E-state index in [2.05, 4.69) is 15.0 Å². The number of carbonyl (C=O) groups is 3. The smallest absolute Gasteiger partial charge is 0.305 e. The molecule has 1 heterocycles. The van der Waals surface area contributed by atoms with E-state index >= 15 is 0 Å². The number of fused-ring (bicyclic) bond motifs is 1. The maximum atomic E-state index is 12.0. The lowest BCUT2D eigenvalue weighted by atomic mass is 10.2. The number of thiazole rings is 1. The Morgan fingerprint density at radius 2 is 1.96 bits per heavy atom. The standard InChI is InChI=1S/C16H18N2O4S/c1-22-13(19)9-3-2-6-10-17-15(21)14(20)16-18-11-7-4-5-8-12(11)23-16/h4-5,7-8H,2-3,6,9-10H2,1H3,(H,17,21). The molecule has 0 aliphatic rings. The first-order chi connectivity index (χ1) is 11.1. The van der Waals surface area contributed by atoms with Crippen molar-refractivity contribution in [3.8, 4) is 0 Å². The lowest BCUT2D eigenvalue weighted by Gasteiger charge is -2.03. The third-order valence-electron chi connectivity index (χ3n) is 3.27. The number of unbranched alkanes of at least 4 members (excludes halogenated alkanes) is 2. The first kappa shape index (κ1) is 17.1. The quantitative estimate of drug-likeness (QED) is 0.347. The molecule has 0 bridgehead atoms. The van der Waals surface area contributed by atoms with Gasteiger partial charge in [-0.2, -0.15) is 0 Å². The van der Waals surface area contributed by atoms with Crippen molar-refractivity contribution in [1.29, 1.82) is 0 Å². The largest absolute Gasteiger partial charge is 0.469 e. The zero-order chi connectivity index (χ0) is 16.7. The number of methoxy groups -OCH3 is 1. The third-order valence-corrected chi connectivity index (χ3v) is 4.30. The fraction of sp³-hybridized carbons (Fsp3) is 0.375. The van der Waals surface area contributed by atoms with Crippen LogP contribution in [0.15, 0.2) is 24.3 Å². The van der Waals surface area contributed by atoms with Crippen molar-refractivity contribution in [2.24, 2.45) is 0 Å². The number of amides is 1. The van der Waals surface area contributed by atoms with Crippen LogP contribution in [0, 0.1) is 0 Å². The van der Waals surface area contributed by atoms with E-state index in [0.29, 0.717) is 25.8 Å². The Balaban J connectivity index is 1.75. The van der Waals surface area contributed by atoms with Crippen molar-refractivity contribution in [2.75, 3.05) is 13.7 Å². The minimum atomic E-state index is -0.642. The highest BCUT2D eigenvalue weighted by atomic mass is 32.1. The lowest BCUT2D eigenvalue weighted by Crippen LogP contribution is -2.31. The van der Waals surface area contributed by atoms with Gasteiger partial charge in [0.1, 0.15) is 0 Å². The number of benzene rings is 1. The van der Waals surface area contributed by atoms with E-state index in [-0.39, 0.29) is 11.0 Å². The summed E-state index contributed by atoms with van der Waals surface area (Å²) < 4.78 is 5.42. The summed E-state index contributed by atoms with van der Waals surface area (Å²) in [6.45, 7) is 0.399. The topological polar surface area (TPSA) is 85.4 Å². The highest BCUT2D eigenvalue weighted by molar-refractivity contribution is 7.20. The summed E-state index contributed by atoms with van der Waals surface area (Å²) in [5, 5.41) is 2.79. The molecule has 2 rings (SSSR count). The van der Waals surface area contributed by atoms with Crippen LogP contribution >= 0.6 is 11.3 Å². The number of carbonyl (C=O) groups excluding carboxylic acids is 3. The number of Topliss-reactive ketones (excluding diaryl/α,β-unsaturated/α-hetero) is 1. The van der Waals surface area contributed by atoms with E-state index in [4.69, 9.17) is 0 Å². The molecule has 0 aliphatic heterocycles. The third kappa shape index (κ3) is 4.85. The van der Waals surface area contributed by atoms with Crippen LogP contribution in [0.2, 0.25) is 0 Å². The van der Waals surface area contributed by atoms with Crippen molar-refractivity contribution in [3.05, 3.63) is 29.3 Å². The number of hydrogen-bond acceptors (Lipinski definition) is 6. The molecule has 0 spiro atoms. The Kier molecular flexibility index (Phi) is 6.22. The number of hydrogen-bond donors (Lipinski definition) is 1. The van der Waals surface area contributed by atoms with Crippen molar-refractivity contribution >= 4 is 39.2 Å². The van der Waals surface area contributed by atoms with Gasteiger partial charge in [0.25, 0.3) is 11.7 Å². The van der Waals surface area contributed by atoms with E-state index in [1.54, 1.807) is 0 Å². The SMILES string of the molecule is COC(=O)CCCCCNC(=O)C(=O)c1nc2ccccc2s1. The van der Waals surface area contributed by atoms with Gasteiger partial charge >= 0.3 is 5.97 Å². The van der Waals surface area contributed by atoms with E-state index < -0.39 is 11.7 Å². The van der Waals surface area contributed by atoms with Gasteiger partial charge < -0.3 is 10.1 Å². The van der Waals surface area contributed by atoms with Crippen LogP contribution in [0.4, 0.5) is 0 Å². The van der Waals surface area contributed by atoms with Crippen molar-refractivity contribution in [2.45, 2.75) is 25.7 Å². The monoisotopic (exact) mass is 334 g/mol. The number of aromatic nitrogens is 1. The second kappa shape index (κ2) is 8.38. The minimum Gasteiger partial charge on any atom is -0.469 e. The second-order valence-electron chi connectivity index (χ2n) is 4.96. The molecule has 0 fully saturated rings. The molecule has 0 atom stereocenters. The second-order valence-corrected chi connectivity index (χ2v) is 5.99. The zero-order valence-electron chi connectivity index (χ0n) is 12.8. The number of esters is 1. The number of nitrogens with zero attached hydrogens (tertiary/aromatic N) is 1. The van der Waals surface area contributed by atoms with Crippen molar-refractivity contribution in [1.82, 2.24) is 10.3 Å². The van der Waals surface area contributed by atoms with Gasteiger partial charge in [-0.3, -0.25) is 14.4 Å². The van der Waals surface area contributed by atoms with E-state index in [1.807, 2.05) is 24.3 Å². The molecule has 23 heavy (non-hydrogen) atoms. The summed E-state index contributed by atoms with van der Waals surface area (Å²) in [7, 11) is 1.36. The molecule has 0 radical (unpaired) electrons. The van der Waals surface area contributed by atoms with E-state index in [9.17, 15) is 14.4 Å². The molecule has 6 nitrogen and oxygen atoms in total. The Bertz CT molecular complexity index is 678. The molecule has 2 aromatic rings. The van der Waals surface area contributed by atoms with Crippen LogP contribution in [0.25, 0.3) is 10.2 Å². The summed E-state index contributed by atoms with van der Waals surface area (Å²) >= 11 is 1.21. The lowest BCUT2D eigenvalue weighted by molar-refractivity contribution is -0.140. The van der Waals surface area contributed by atoms with Gasteiger partial charge in [-0.05, 0) is 25.0 Å². The van der Waals surface area contributed by atoms with Gasteiger partial charge in [-0.25, -0.2) is 4.98 Å². The first-order valence-corrected chi connectivity index (χ1v) is 8.18. The molecule has 0 saturated heterocycles. The number of ether oxygens (including phenoxy) is 1. The van der Waals surface area contributed by atoms with E-state index in [1.165, 1.54) is 18.4 Å². The fourth-order valence-corrected chi connectivity index (χ4v) is 2.92. The molecule has 1 amide bonds. The van der Waals surface area contributed by atoms with E-state index in [0.717, 1.165) is 16.6 Å². The Hall–Kier alpha value is -2.28. The van der Waals surface area contributed by atoms with Gasteiger partial charge in [-0.15, -0.1) is 11.3 Å². The molecule has 0 saturated carbocycles. The minimum absolute atomic E-state index is 0.203. The average molecular weight is 334 g/mol. The Labute approximate surface area is 137 Å². The molecular weight excluding hydrogens is 316 g/mol. The Morgan fingerprint density at radius 1 is 1.17 bits per heavy atom. The van der Waals surface area contributed by atoms with Crippen LogP contribution in [0.5, 0.6) is 0 Å². The summed E-state index contributed by atoms with van der Waals surface area (Å²) in [6, 6.07) is 7.37. The molecule has 1 N–H and O–H groups in total. The molecule has 7 heteroatoms. The zero-order valence-corrected chi connectivity index (χ0v) is 13.6. The molecule has 1 aromatic heterocycles. The van der Waals surface area contributed by atoms with Crippen LogP contribution in [-0.4, -0.2) is 36.3 Å². The van der Waals surface area contributed by atoms with Gasteiger partial charge in [-0.1, -0.05) is 18.6 Å². The van der Waals surface area contributed by atoms with Gasteiger partial charge in [0.2, 0.25) is 0 Å². The molecular formula is C16H18N2O4S. The molecule has 0 aliphatic carbocycles. The molecule has 0 unspecified atom stereocenters. The number of ketones is 1. The van der Waals surface area contributed by atoms with Crippen molar-refractivity contribution in [3.63, 3.8) is 0 Å². The summed E-state index contributed by atoms with van der Waals surface area (Å²) in [4.78, 5) is 39.0. The Morgan fingerprint density at radius 3 is 2.70 bits per heavy atom. The van der Waals surface area contributed by atoms with Gasteiger partial charge in [0.05, 0.1) is 17.3 Å². The predicted octanol–water partition coefficient (Wildman–Crippen LogP) is 2.33. The van der Waals surface area contributed by atoms with Crippen molar-refractivity contribution < 1.29 is 19.1 Å². The van der Waals surface area contributed by atoms with Gasteiger partial charge in [0, 0.05) is 13.0 Å². The number of rotatable bonds is 8. The van der Waals surface area contributed by atoms with Crippen LogP contribution in [-0.2, 0) is 14.3 Å². The van der Waals surface area contributed by atoms with Crippen LogP contribution in [0.1, 0.15) is 35.5 Å². The maximum absolute atomic E-state index is 12.0. The maximum Gasteiger partial charge on any atom is 0.305 e. The fourth-order valence-electron chi connectivity index (χ4n) is 2.02. The molecule has 122 valence electrons. The van der Waals surface area contributed by atoms with Gasteiger partial charge in [0.15, 0.2) is 5.01 Å². The molecule has 1 aromatic carbocycles. The number of nitrogens with one attached hydrogen (secondary N) is 1. The highest BCUT2D eigenvalue weighted by Gasteiger charge is 2.19. The summed E-state index contributed by atoms with van der Waals surface area (Å²) in [5.74, 6) is -1.49. The summed E-state index contributed by atoms with van der Waals surface area (Å²) in [6.07, 6.45) is 2.56.